The van der Waals surface area contributed by atoms with Gasteiger partial charge in [0, 0.05) is 39.3 Å². The summed E-state index contributed by atoms with van der Waals surface area (Å²) in [7, 11) is 0. The Labute approximate surface area is 440 Å². The Morgan fingerprint density at radius 1 is 0.253 bits per heavy atom. The van der Waals surface area contributed by atoms with Gasteiger partial charge in [-0.05, 0) is 167 Å². The molecule has 0 unspecified atom stereocenters. The highest BCUT2D eigenvalue weighted by molar-refractivity contribution is 6.06. The van der Waals surface area contributed by atoms with E-state index in [1.165, 1.54) is 106 Å². The van der Waals surface area contributed by atoms with Gasteiger partial charge in [-0.25, -0.2) is 0 Å². The summed E-state index contributed by atoms with van der Waals surface area (Å²) in [6, 6.07) is 95.5. The molecule has 0 bridgehead atoms. The zero-order valence-corrected chi connectivity index (χ0v) is 42.6. The van der Waals surface area contributed by atoms with Crippen LogP contribution in [0, 0.1) is 0 Å². The summed E-state index contributed by atoms with van der Waals surface area (Å²) in [5.74, 6) is 0. The minimum absolute atomic E-state index is 0.309. The van der Waals surface area contributed by atoms with Crippen LogP contribution in [-0.4, -0.2) is 0 Å². The quantitative estimate of drug-likeness (QED) is 0.157. The second kappa shape index (κ2) is 16.0. The first-order valence-corrected chi connectivity index (χ1v) is 26.5. The van der Waals surface area contributed by atoms with Gasteiger partial charge in [0.1, 0.15) is 0 Å². The summed E-state index contributed by atoms with van der Waals surface area (Å²) in [5.41, 5.74) is 29.6. The van der Waals surface area contributed by atoms with Crippen molar-refractivity contribution in [3.05, 3.63) is 299 Å². The summed E-state index contributed by atoms with van der Waals surface area (Å²) >= 11 is 0. The molecule has 0 radical (unpaired) electrons. The van der Waals surface area contributed by atoms with Gasteiger partial charge in [-0.3, -0.25) is 0 Å². The molecule has 1 spiro atoms. The van der Waals surface area contributed by atoms with Crippen molar-refractivity contribution in [2.75, 3.05) is 9.80 Å². The fourth-order valence-electron chi connectivity index (χ4n) is 14.1. The number of para-hydroxylation sites is 2. The third kappa shape index (κ3) is 6.03. The van der Waals surface area contributed by atoms with Gasteiger partial charge < -0.3 is 9.80 Å². The second-order valence-electron chi connectivity index (χ2n) is 22.0. The van der Waals surface area contributed by atoms with Gasteiger partial charge in [0.05, 0.1) is 11.1 Å². The average Bonchev–Trinajstić information content (AvgIpc) is 4.31. The first-order valence-electron chi connectivity index (χ1n) is 26.5. The van der Waals surface area contributed by atoms with Crippen LogP contribution < -0.4 is 9.80 Å². The van der Waals surface area contributed by atoms with Crippen LogP contribution in [0.15, 0.2) is 255 Å². The van der Waals surface area contributed by atoms with E-state index in [4.69, 9.17) is 0 Å². The standard InChI is InChI=1S/C73H54N2/c1-71(2)64-44-52(74(49-24-10-6-11-25-49)51-38-36-48(37-39-51)47-22-8-5-9-23-47)40-42-56(64)57-43-41-53(45-65(57)71)75(50-26-12-7-13-27-50)67-46-66-68(69-58-30-16-18-32-60(58)72(3,4)70(67)69)59-31-17-21-35-63(59)73(66)61-33-19-14-28-54(61)55-29-15-20-34-62(55)73/h5-46H,1-4H3. The Kier molecular flexibility index (Phi) is 9.30. The van der Waals surface area contributed by atoms with Crippen LogP contribution in [0.1, 0.15) is 72.2 Å². The molecule has 0 atom stereocenters. The van der Waals surface area contributed by atoms with Crippen molar-refractivity contribution in [2.24, 2.45) is 0 Å². The topological polar surface area (TPSA) is 6.48 Å². The number of nitrogens with zero attached hydrogens (tertiary/aromatic N) is 2. The van der Waals surface area contributed by atoms with Gasteiger partial charge in [-0.1, -0.05) is 216 Å². The van der Waals surface area contributed by atoms with Crippen LogP contribution in [0.25, 0.3) is 55.6 Å². The molecule has 0 amide bonds. The van der Waals surface area contributed by atoms with Gasteiger partial charge in [0.25, 0.3) is 0 Å². The number of hydrogen-bond acceptors (Lipinski definition) is 2. The lowest BCUT2D eigenvalue weighted by Gasteiger charge is -2.36. The molecule has 0 saturated carbocycles. The zero-order valence-electron chi connectivity index (χ0n) is 42.6. The lowest BCUT2D eigenvalue weighted by Crippen LogP contribution is -2.27. The van der Waals surface area contributed by atoms with Crippen molar-refractivity contribution in [1.82, 2.24) is 0 Å². The molecule has 4 aliphatic rings. The molecular weight excluding hydrogens is 905 g/mol. The summed E-state index contributed by atoms with van der Waals surface area (Å²) in [5, 5.41) is 0. The summed E-state index contributed by atoms with van der Waals surface area (Å²) in [4.78, 5) is 4.99. The van der Waals surface area contributed by atoms with Crippen LogP contribution in [0.2, 0.25) is 0 Å². The number of anilines is 6. The molecule has 0 N–H and O–H groups in total. The van der Waals surface area contributed by atoms with Crippen molar-refractivity contribution in [1.29, 1.82) is 0 Å². The highest BCUT2D eigenvalue weighted by Crippen LogP contribution is 2.68. The van der Waals surface area contributed by atoms with Gasteiger partial charge in [-0.2, -0.15) is 0 Å². The third-order valence-electron chi connectivity index (χ3n) is 17.4. The lowest BCUT2D eigenvalue weighted by molar-refractivity contribution is 0.658. The molecule has 15 rings (SSSR count). The van der Waals surface area contributed by atoms with Crippen LogP contribution >= 0.6 is 0 Å². The molecule has 0 aliphatic heterocycles. The van der Waals surface area contributed by atoms with Gasteiger partial charge in [0.2, 0.25) is 0 Å². The number of benzene rings is 11. The highest BCUT2D eigenvalue weighted by Gasteiger charge is 2.55. The highest BCUT2D eigenvalue weighted by atomic mass is 15.2. The minimum Gasteiger partial charge on any atom is -0.310 e. The van der Waals surface area contributed by atoms with Gasteiger partial charge in [0.15, 0.2) is 0 Å². The number of hydrogen-bond donors (Lipinski definition) is 0. The zero-order chi connectivity index (χ0) is 50.2. The monoisotopic (exact) mass is 958 g/mol. The molecule has 0 heterocycles. The molecule has 11 aromatic rings. The van der Waals surface area contributed by atoms with Gasteiger partial charge in [-0.15, -0.1) is 0 Å². The van der Waals surface area contributed by atoms with Crippen LogP contribution in [0.3, 0.4) is 0 Å². The van der Waals surface area contributed by atoms with Crippen molar-refractivity contribution in [3.63, 3.8) is 0 Å². The van der Waals surface area contributed by atoms with Crippen LogP contribution in [0.5, 0.6) is 0 Å². The van der Waals surface area contributed by atoms with Gasteiger partial charge >= 0.3 is 0 Å². The smallest absolute Gasteiger partial charge is 0.0726 e. The Morgan fingerprint density at radius 2 is 0.640 bits per heavy atom. The molecule has 0 fully saturated rings. The van der Waals surface area contributed by atoms with Crippen molar-refractivity contribution >= 4 is 34.1 Å². The molecule has 4 aliphatic carbocycles. The van der Waals surface area contributed by atoms with E-state index in [-0.39, 0.29) is 10.8 Å². The molecule has 2 nitrogen and oxygen atoms in total. The minimum atomic E-state index is -0.510. The van der Waals surface area contributed by atoms with E-state index in [1.54, 1.807) is 0 Å². The predicted molar refractivity (Wildman–Crippen MR) is 313 cm³/mol. The van der Waals surface area contributed by atoms with Crippen molar-refractivity contribution < 1.29 is 0 Å². The number of rotatable bonds is 7. The second-order valence-corrected chi connectivity index (χ2v) is 22.0. The molecule has 356 valence electrons. The summed E-state index contributed by atoms with van der Waals surface area (Å²) in [6.07, 6.45) is 0. The SMILES string of the molecule is CC1(C)c2cc(N(c3ccccc3)c3ccc(-c4ccccc4)cc3)ccc2-c2ccc(N(c3ccccc3)c3cc4c(c5c3C(C)(C)c3ccccc3-5)-c3ccccc3C43c4ccccc4-c4ccccc43)cc21. The molecule has 2 heteroatoms. The fraction of sp³-hybridized carbons (Fsp3) is 0.0959. The van der Waals surface area contributed by atoms with E-state index >= 15 is 0 Å². The van der Waals surface area contributed by atoms with Crippen LogP contribution in [0.4, 0.5) is 34.1 Å². The molecular formula is C73H54N2. The van der Waals surface area contributed by atoms with Crippen molar-refractivity contribution in [3.8, 4) is 55.6 Å². The summed E-state index contributed by atoms with van der Waals surface area (Å²) < 4.78 is 0. The molecule has 0 aromatic heterocycles. The normalized spacial score (nSPS) is 14.7. The van der Waals surface area contributed by atoms with E-state index in [0.29, 0.717) is 0 Å². The Morgan fingerprint density at radius 3 is 1.20 bits per heavy atom. The Bertz CT molecular complexity index is 4060. The first kappa shape index (κ1) is 43.6. The van der Waals surface area contributed by atoms with Crippen LogP contribution in [-0.2, 0) is 16.2 Å². The number of fused-ring (bicyclic) bond motifs is 17. The molecule has 75 heavy (non-hydrogen) atoms. The maximum Gasteiger partial charge on any atom is 0.0726 e. The Balaban J connectivity index is 0.934. The summed E-state index contributed by atoms with van der Waals surface area (Å²) in [6.45, 7) is 9.73. The van der Waals surface area contributed by atoms with E-state index in [0.717, 1.165) is 28.4 Å². The van der Waals surface area contributed by atoms with E-state index < -0.39 is 5.41 Å². The first-order chi connectivity index (χ1) is 36.7. The Hall–Kier alpha value is -8.98. The predicted octanol–water partition coefficient (Wildman–Crippen LogP) is 19.2. The third-order valence-corrected chi connectivity index (χ3v) is 17.4. The maximum atomic E-state index is 2.62. The largest absolute Gasteiger partial charge is 0.310 e. The fourth-order valence-corrected chi connectivity index (χ4v) is 14.1. The molecule has 11 aromatic carbocycles. The maximum absolute atomic E-state index is 2.62. The lowest BCUT2D eigenvalue weighted by atomic mass is 9.69. The van der Waals surface area contributed by atoms with Crippen molar-refractivity contribution in [2.45, 2.75) is 43.9 Å². The van der Waals surface area contributed by atoms with E-state index in [1.807, 2.05) is 0 Å². The van der Waals surface area contributed by atoms with E-state index in [9.17, 15) is 0 Å². The van der Waals surface area contributed by atoms with E-state index in [2.05, 4.69) is 292 Å². The average molecular weight is 959 g/mol. The molecule has 0 saturated heterocycles.